The first-order chi connectivity index (χ1) is 18.3. The van der Waals surface area contributed by atoms with Gasteiger partial charge in [0.25, 0.3) is 0 Å². The average molecular weight is 551 g/mol. The maximum Gasteiger partial charge on any atom is 0.509 e. The molecule has 0 saturated heterocycles. The van der Waals surface area contributed by atoms with Crippen LogP contribution in [-0.2, 0) is 19.1 Å². The number of hydrogen-bond acceptors (Lipinski definition) is 6. The van der Waals surface area contributed by atoms with Gasteiger partial charge in [0.05, 0.1) is 6.10 Å². The Hall–Kier alpha value is -2.29. The summed E-state index contributed by atoms with van der Waals surface area (Å²) in [7, 11) is 0. The number of halogens is 2. The van der Waals surface area contributed by atoms with Crippen LogP contribution in [0.15, 0.2) is 23.8 Å². The van der Waals surface area contributed by atoms with Gasteiger partial charge >= 0.3 is 12.1 Å². The number of alkyl halides is 2. The lowest BCUT2D eigenvalue weighted by atomic mass is 9.44. The number of ether oxygens (including phenoxy) is 2. The summed E-state index contributed by atoms with van der Waals surface area (Å²) >= 11 is 0. The molecule has 4 fully saturated rings. The van der Waals surface area contributed by atoms with Gasteiger partial charge in [-0.25, -0.2) is 18.4 Å². The van der Waals surface area contributed by atoms with Gasteiger partial charge in [-0.15, -0.1) is 0 Å². The van der Waals surface area contributed by atoms with Gasteiger partial charge in [-0.05, 0) is 75.0 Å². The van der Waals surface area contributed by atoms with Crippen LogP contribution in [0.4, 0.5) is 13.6 Å². The van der Waals surface area contributed by atoms with E-state index in [1.54, 1.807) is 13.8 Å². The van der Waals surface area contributed by atoms with Crippen LogP contribution in [0.3, 0.4) is 0 Å². The van der Waals surface area contributed by atoms with Crippen molar-refractivity contribution in [1.82, 2.24) is 0 Å². The van der Waals surface area contributed by atoms with Crippen LogP contribution in [0.2, 0.25) is 0 Å². The lowest BCUT2D eigenvalue weighted by Gasteiger charge is -2.62. The molecule has 5 rings (SSSR count). The van der Waals surface area contributed by atoms with E-state index in [2.05, 4.69) is 0 Å². The Kier molecular flexibility index (Phi) is 6.80. The second-order valence-corrected chi connectivity index (χ2v) is 13.0. The number of carboxylic acids is 1. The summed E-state index contributed by atoms with van der Waals surface area (Å²) in [4.78, 5) is 38.3. The average Bonchev–Trinajstić information content (AvgIpc) is 3.47. The highest BCUT2D eigenvalue weighted by molar-refractivity contribution is 6.01. The molecule has 0 aliphatic heterocycles. The van der Waals surface area contributed by atoms with Crippen molar-refractivity contribution in [2.45, 2.75) is 109 Å². The number of carbonyl (C=O) groups is 3. The maximum absolute atomic E-state index is 17.4. The molecule has 0 aromatic heterocycles. The van der Waals surface area contributed by atoms with Crippen LogP contribution in [0.5, 0.6) is 0 Å². The molecule has 9 heteroatoms. The van der Waals surface area contributed by atoms with Crippen LogP contribution in [-0.4, -0.2) is 57.8 Å². The fraction of sp³-hybridized carbons (Fsp3) is 0.767. The van der Waals surface area contributed by atoms with Crippen LogP contribution >= 0.6 is 0 Å². The van der Waals surface area contributed by atoms with Gasteiger partial charge in [-0.3, -0.25) is 4.79 Å². The Morgan fingerprint density at radius 3 is 2.46 bits per heavy atom. The summed E-state index contributed by atoms with van der Waals surface area (Å²) in [6.07, 6.45) is 2.97. The van der Waals surface area contributed by atoms with Crippen LogP contribution in [0, 0.1) is 34.5 Å². The number of carbonyl (C=O) groups excluding carboxylic acids is 2. The molecule has 7 nitrogen and oxygen atoms in total. The maximum atomic E-state index is 17.4. The van der Waals surface area contributed by atoms with Crippen molar-refractivity contribution < 1.29 is 42.9 Å². The number of ketones is 1. The first-order valence-electron chi connectivity index (χ1n) is 14.4. The molecule has 1 unspecified atom stereocenters. The van der Waals surface area contributed by atoms with Crippen molar-refractivity contribution in [1.29, 1.82) is 0 Å². The molecule has 216 valence electrons. The van der Waals surface area contributed by atoms with Gasteiger partial charge in [0.1, 0.15) is 12.3 Å². The molecule has 10 atom stereocenters. The molecule has 0 radical (unpaired) electrons. The highest BCUT2D eigenvalue weighted by atomic mass is 19.1. The zero-order chi connectivity index (χ0) is 28.5. The Morgan fingerprint density at radius 2 is 1.85 bits per heavy atom. The van der Waals surface area contributed by atoms with Crippen molar-refractivity contribution in [2.75, 3.05) is 0 Å². The van der Waals surface area contributed by atoms with Crippen LogP contribution < -0.4 is 0 Å². The molecule has 0 bridgehead atoms. The standard InChI is InChI=1S/C30H40F2O7/c1-5-23(17-8-6-7-9-17)38-26(37)39-30(25(35)36)16(2)12-19-20-14-22(31)21-13-18(33)10-11-27(21,3)29(20,32)24(34)15-28(19,30)4/h10-11,13,16-17,19-20,22-24,34H,5-9,12,14-15H2,1-4H3,(H,35,36)/t16-,19+,20+,22+,23?,24+,27+,28+,29+,30+/m1/s1. The molecule has 5 aliphatic rings. The zero-order valence-electron chi connectivity index (χ0n) is 23.1. The predicted octanol–water partition coefficient (Wildman–Crippen LogP) is 5.50. The summed E-state index contributed by atoms with van der Waals surface area (Å²) in [5.74, 6) is -4.14. The predicted molar refractivity (Wildman–Crippen MR) is 137 cm³/mol. The smallest absolute Gasteiger partial charge is 0.478 e. The first kappa shape index (κ1) is 28.2. The summed E-state index contributed by atoms with van der Waals surface area (Å²) in [5.41, 5.74) is -7.39. The summed E-state index contributed by atoms with van der Waals surface area (Å²) in [6.45, 7) is 6.66. The molecule has 0 heterocycles. The van der Waals surface area contributed by atoms with E-state index in [1.807, 2.05) is 6.92 Å². The Labute approximate surface area is 228 Å². The number of carboxylic acid groups (broad SMARTS) is 1. The lowest BCUT2D eigenvalue weighted by Crippen LogP contribution is -2.71. The molecule has 0 aromatic carbocycles. The number of aliphatic hydroxyl groups is 1. The third kappa shape index (κ3) is 3.70. The quantitative estimate of drug-likeness (QED) is 0.435. The van der Waals surface area contributed by atoms with Crippen molar-refractivity contribution in [2.24, 2.45) is 34.5 Å². The minimum Gasteiger partial charge on any atom is -0.478 e. The van der Waals surface area contributed by atoms with Crippen molar-refractivity contribution >= 4 is 17.9 Å². The Morgan fingerprint density at radius 1 is 1.18 bits per heavy atom. The molecule has 5 aliphatic carbocycles. The number of hydrogen-bond donors (Lipinski definition) is 2. The number of aliphatic hydroxyl groups excluding tert-OH is 1. The van der Waals surface area contributed by atoms with Gasteiger partial charge in [0.2, 0.25) is 5.60 Å². The largest absolute Gasteiger partial charge is 0.509 e. The van der Waals surface area contributed by atoms with Crippen molar-refractivity contribution in [3.05, 3.63) is 23.8 Å². The minimum absolute atomic E-state index is 0.00398. The van der Waals surface area contributed by atoms with Gasteiger partial charge in [0, 0.05) is 22.7 Å². The van der Waals surface area contributed by atoms with Gasteiger partial charge in [-0.1, -0.05) is 39.7 Å². The van der Waals surface area contributed by atoms with E-state index in [0.717, 1.165) is 31.8 Å². The Bertz CT molecular complexity index is 1110. The summed E-state index contributed by atoms with van der Waals surface area (Å²) < 4.78 is 44.5. The number of rotatable bonds is 5. The van der Waals surface area contributed by atoms with Crippen LogP contribution in [0.25, 0.3) is 0 Å². The van der Waals surface area contributed by atoms with Gasteiger partial charge in [0.15, 0.2) is 11.5 Å². The minimum atomic E-state index is -2.34. The molecule has 0 spiro atoms. The molecule has 4 saturated carbocycles. The fourth-order valence-corrected chi connectivity index (χ4v) is 9.36. The lowest BCUT2D eigenvalue weighted by molar-refractivity contribution is -0.232. The topological polar surface area (TPSA) is 110 Å². The van der Waals surface area contributed by atoms with E-state index >= 15 is 8.78 Å². The van der Waals surface area contributed by atoms with E-state index in [4.69, 9.17) is 9.47 Å². The zero-order valence-corrected chi connectivity index (χ0v) is 23.1. The van der Waals surface area contributed by atoms with E-state index in [9.17, 15) is 24.6 Å². The first-order valence-corrected chi connectivity index (χ1v) is 14.4. The third-order valence-electron chi connectivity index (χ3n) is 11.3. The van der Waals surface area contributed by atoms with E-state index in [-0.39, 0.29) is 30.8 Å². The number of aliphatic carboxylic acids is 1. The molecular weight excluding hydrogens is 510 g/mol. The summed E-state index contributed by atoms with van der Waals surface area (Å²) in [6, 6.07) is 0. The molecule has 2 N–H and O–H groups in total. The van der Waals surface area contributed by atoms with Crippen LogP contribution in [0.1, 0.15) is 79.1 Å². The van der Waals surface area contributed by atoms with Crippen molar-refractivity contribution in [3.8, 4) is 0 Å². The molecule has 0 amide bonds. The highest BCUT2D eigenvalue weighted by Crippen LogP contribution is 2.71. The monoisotopic (exact) mass is 550 g/mol. The SMILES string of the molecule is CCC(OC(=O)O[C@]1(C(=O)O)[C@H](C)C[C@H]2[C@@H]3C[C@H](F)C4=CC(=O)C=C[C@]4(C)[C@@]3(F)[C@@H](O)C[C@@]21C)C1CCCC1. The highest BCUT2D eigenvalue weighted by Gasteiger charge is 2.78. The second kappa shape index (κ2) is 9.38. The molecule has 0 aromatic rings. The van der Waals surface area contributed by atoms with E-state index in [1.165, 1.54) is 19.1 Å². The fourth-order valence-electron chi connectivity index (χ4n) is 9.36. The van der Waals surface area contributed by atoms with E-state index < -0.39 is 76.1 Å². The number of allylic oxidation sites excluding steroid dienone is 4. The molecular formula is C30H40F2O7. The summed E-state index contributed by atoms with van der Waals surface area (Å²) in [5, 5.41) is 22.1. The third-order valence-corrected chi connectivity index (χ3v) is 11.3. The Balaban J connectivity index is 1.51. The number of fused-ring (bicyclic) bond motifs is 5. The van der Waals surface area contributed by atoms with E-state index in [0.29, 0.717) is 6.42 Å². The van der Waals surface area contributed by atoms with Crippen molar-refractivity contribution in [3.63, 3.8) is 0 Å². The molecule has 39 heavy (non-hydrogen) atoms. The van der Waals surface area contributed by atoms with Gasteiger partial charge in [-0.2, -0.15) is 0 Å². The van der Waals surface area contributed by atoms with Gasteiger partial charge < -0.3 is 19.7 Å². The normalized spacial score (nSPS) is 46.1. The second-order valence-electron chi connectivity index (χ2n) is 13.0.